The summed E-state index contributed by atoms with van der Waals surface area (Å²) in [5.41, 5.74) is 0.519. The zero-order valence-electron chi connectivity index (χ0n) is 14.6. The number of nitrogens with zero attached hydrogens (tertiary/aromatic N) is 3. The van der Waals surface area contributed by atoms with Crippen molar-refractivity contribution < 1.29 is 0 Å². The van der Waals surface area contributed by atoms with Crippen LogP contribution in [0.2, 0.25) is 0 Å². The van der Waals surface area contributed by atoms with Gasteiger partial charge >= 0.3 is 0 Å². The fraction of sp³-hybridized carbons (Fsp3) is 0.938. The van der Waals surface area contributed by atoms with E-state index in [0.29, 0.717) is 5.41 Å². The molecule has 0 spiro atoms. The average Bonchev–Trinajstić information content (AvgIpc) is 2.39. The topological polar surface area (TPSA) is 30.9 Å². The number of unbranched alkanes of at least 4 members (excludes halogenated alkanes) is 1. The maximum Gasteiger partial charge on any atom is 0.194 e. The van der Waals surface area contributed by atoms with Crippen LogP contribution in [0.25, 0.3) is 0 Å². The van der Waals surface area contributed by atoms with Gasteiger partial charge in [0.15, 0.2) is 5.96 Å². The van der Waals surface area contributed by atoms with Gasteiger partial charge in [-0.25, -0.2) is 0 Å². The van der Waals surface area contributed by atoms with Gasteiger partial charge in [-0.15, -0.1) is 0 Å². The normalized spacial score (nSPS) is 21.0. The molecule has 1 rings (SSSR count). The largest absolute Gasteiger partial charge is 0.355 e. The van der Waals surface area contributed by atoms with E-state index in [1.165, 1.54) is 19.4 Å². The van der Waals surface area contributed by atoms with Crippen molar-refractivity contribution in [3.63, 3.8) is 0 Å². The van der Waals surface area contributed by atoms with Gasteiger partial charge in [0, 0.05) is 37.6 Å². The molecule has 1 saturated heterocycles. The fourth-order valence-electron chi connectivity index (χ4n) is 2.59. The first-order valence-corrected chi connectivity index (χ1v) is 7.93. The summed E-state index contributed by atoms with van der Waals surface area (Å²) >= 11 is 0. The summed E-state index contributed by atoms with van der Waals surface area (Å²) in [7, 11) is 4.07. The Labute approximate surface area is 125 Å². The van der Waals surface area contributed by atoms with Crippen LogP contribution in [-0.4, -0.2) is 61.6 Å². The first-order chi connectivity index (χ1) is 9.26. The smallest absolute Gasteiger partial charge is 0.194 e. The molecule has 118 valence electrons. The second-order valence-corrected chi connectivity index (χ2v) is 7.16. The lowest BCUT2D eigenvalue weighted by atomic mass is 9.65. The summed E-state index contributed by atoms with van der Waals surface area (Å²) in [4.78, 5) is 9.22. The van der Waals surface area contributed by atoms with Gasteiger partial charge in [0.05, 0.1) is 0 Å². The van der Waals surface area contributed by atoms with Crippen LogP contribution in [0.15, 0.2) is 4.99 Å². The maximum atomic E-state index is 4.44. The Balaban J connectivity index is 2.39. The molecule has 1 fully saturated rings. The van der Waals surface area contributed by atoms with Crippen LogP contribution in [0.1, 0.15) is 47.5 Å². The molecule has 1 aliphatic rings. The van der Waals surface area contributed by atoms with Crippen LogP contribution in [0.3, 0.4) is 0 Å². The van der Waals surface area contributed by atoms with E-state index in [4.69, 9.17) is 0 Å². The lowest BCUT2D eigenvalue weighted by Gasteiger charge is -2.62. The van der Waals surface area contributed by atoms with Gasteiger partial charge in [-0.1, -0.05) is 27.2 Å². The standard InChI is InChI=1S/C16H34N4/c1-8-9-11-19(7)12-10-18-14(17-6)20-13-15(2,3)16(20,4)5/h8-13H2,1-7H3,(H,17,18). The molecule has 0 atom stereocenters. The van der Waals surface area contributed by atoms with Crippen molar-refractivity contribution in [1.82, 2.24) is 15.1 Å². The summed E-state index contributed by atoms with van der Waals surface area (Å²) in [6.07, 6.45) is 2.54. The molecule has 0 aliphatic carbocycles. The van der Waals surface area contributed by atoms with Gasteiger partial charge in [0.1, 0.15) is 0 Å². The monoisotopic (exact) mass is 282 g/mol. The average molecular weight is 282 g/mol. The van der Waals surface area contributed by atoms with Crippen molar-refractivity contribution >= 4 is 5.96 Å². The highest BCUT2D eigenvalue weighted by Crippen LogP contribution is 2.46. The number of hydrogen-bond acceptors (Lipinski definition) is 2. The number of rotatable bonds is 6. The van der Waals surface area contributed by atoms with Crippen LogP contribution in [0.4, 0.5) is 0 Å². The molecule has 0 aromatic carbocycles. The molecule has 0 aromatic rings. The third kappa shape index (κ3) is 3.66. The minimum atomic E-state index is 0.170. The molecule has 4 heteroatoms. The molecule has 0 unspecified atom stereocenters. The Morgan fingerprint density at radius 3 is 2.35 bits per heavy atom. The third-order valence-electron chi connectivity index (χ3n) is 5.02. The van der Waals surface area contributed by atoms with Crippen molar-refractivity contribution in [1.29, 1.82) is 0 Å². The highest BCUT2D eigenvalue weighted by Gasteiger charge is 2.53. The van der Waals surface area contributed by atoms with E-state index in [0.717, 1.165) is 25.6 Å². The molecule has 1 aliphatic heterocycles. The Morgan fingerprint density at radius 2 is 1.90 bits per heavy atom. The van der Waals surface area contributed by atoms with Gasteiger partial charge in [0.2, 0.25) is 0 Å². The molecule has 0 aromatic heterocycles. The number of nitrogens with one attached hydrogen (secondary N) is 1. The summed E-state index contributed by atoms with van der Waals surface area (Å²) < 4.78 is 0. The van der Waals surface area contributed by atoms with E-state index in [-0.39, 0.29) is 5.54 Å². The van der Waals surface area contributed by atoms with Gasteiger partial charge in [-0.2, -0.15) is 0 Å². The van der Waals surface area contributed by atoms with Gasteiger partial charge in [-0.3, -0.25) is 4.99 Å². The third-order valence-corrected chi connectivity index (χ3v) is 5.02. The molecule has 0 radical (unpaired) electrons. The lowest BCUT2D eigenvalue weighted by Crippen LogP contribution is -2.72. The molecular formula is C16H34N4. The van der Waals surface area contributed by atoms with Crippen LogP contribution >= 0.6 is 0 Å². The number of aliphatic imine (C=N–C) groups is 1. The summed E-state index contributed by atoms with van der Waals surface area (Å²) in [6, 6.07) is 0. The minimum absolute atomic E-state index is 0.170. The molecule has 1 heterocycles. The van der Waals surface area contributed by atoms with Crippen LogP contribution in [0.5, 0.6) is 0 Å². The highest BCUT2D eigenvalue weighted by atomic mass is 15.4. The molecule has 20 heavy (non-hydrogen) atoms. The molecule has 0 amide bonds. The maximum absolute atomic E-state index is 4.44. The van der Waals surface area contributed by atoms with E-state index in [9.17, 15) is 0 Å². The highest BCUT2D eigenvalue weighted by molar-refractivity contribution is 5.82. The van der Waals surface area contributed by atoms with Crippen LogP contribution in [0, 0.1) is 5.41 Å². The molecule has 1 N–H and O–H groups in total. The van der Waals surface area contributed by atoms with Gasteiger partial charge in [0.25, 0.3) is 0 Å². The first kappa shape index (κ1) is 17.3. The zero-order chi connectivity index (χ0) is 15.4. The van der Waals surface area contributed by atoms with Crippen molar-refractivity contribution in [3.8, 4) is 0 Å². The fourth-order valence-corrected chi connectivity index (χ4v) is 2.59. The van der Waals surface area contributed by atoms with E-state index < -0.39 is 0 Å². The lowest BCUT2D eigenvalue weighted by molar-refractivity contribution is -0.0667. The van der Waals surface area contributed by atoms with E-state index in [1.807, 2.05) is 7.05 Å². The van der Waals surface area contributed by atoms with E-state index in [2.05, 4.69) is 61.8 Å². The van der Waals surface area contributed by atoms with Gasteiger partial charge in [-0.05, 0) is 33.9 Å². The zero-order valence-corrected chi connectivity index (χ0v) is 14.6. The summed E-state index contributed by atoms with van der Waals surface area (Å²) in [5, 5.41) is 3.51. The van der Waals surface area contributed by atoms with Crippen molar-refractivity contribution in [3.05, 3.63) is 0 Å². The Bertz CT molecular complexity index is 333. The number of likely N-dealkylation sites (tertiary alicyclic amines) is 1. The minimum Gasteiger partial charge on any atom is -0.355 e. The number of hydrogen-bond donors (Lipinski definition) is 1. The number of guanidine groups is 1. The van der Waals surface area contributed by atoms with Crippen LogP contribution in [-0.2, 0) is 0 Å². The second kappa shape index (κ2) is 6.79. The first-order valence-electron chi connectivity index (χ1n) is 7.93. The van der Waals surface area contributed by atoms with Crippen molar-refractivity contribution in [2.45, 2.75) is 53.0 Å². The van der Waals surface area contributed by atoms with Gasteiger partial charge < -0.3 is 15.1 Å². The quantitative estimate of drug-likeness (QED) is 0.599. The predicted octanol–water partition coefficient (Wildman–Crippen LogP) is 2.41. The molecule has 0 bridgehead atoms. The van der Waals surface area contributed by atoms with Crippen LogP contribution < -0.4 is 5.32 Å². The van der Waals surface area contributed by atoms with E-state index >= 15 is 0 Å². The predicted molar refractivity (Wildman–Crippen MR) is 88.3 cm³/mol. The Hall–Kier alpha value is -0.770. The SMILES string of the molecule is CCCCN(C)CCNC(=NC)N1CC(C)(C)C1(C)C. The Morgan fingerprint density at radius 1 is 1.25 bits per heavy atom. The molecule has 0 saturated carbocycles. The molecular weight excluding hydrogens is 248 g/mol. The summed E-state index contributed by atoms with van der Waals surface area (Å²) in [6.45, 7) is 15.8. The van der Waals surface area contributed by atoms with Crippen molar-refractivity contribution in [2.75, 3.05) is 40.3 Å². The second-order valence-electron chi connectivity index (χ2n) is 7.16. The number of likely N-dealkylation sites (N-methyl/N-ethyl adjacent to an activating group) is 1. The molecule has 4 nitrogen and oxygen atoms in total. The van der Waals surface area contributed by atoms with E-state index in [1.54, 1.807) is 0 Å². The Kier molecular flexibility index (Phi) is 5.87. The van der Waals surface area contributed by atoms with Crippen molar-refractivity contribution in [2.24, 2.45) is 10.4 Å². The summed E-state index contributed by atoms with van der Waals surface area (Å²) in [5.74, 6) is 1.04.